The van der Waals surface area contributed by atoms with Gasteiger partial charge in [0.15, 0.2) is 0 Å². The molecule has 1 atom stereocenters. The van der Waals surface area contributed by atoms with Gasteiger partial charge in [-0.25, -0.2) is 4.98 Å². The normalized spacial score (nSPS) is 12.1. The van der Waals surface area contributed by atoms with Gasteiger partial charge in [0.1, 0.15) is 0 Å². The predicted octanol–water partition coefficient (Wildman–Crippen LogP) is 0.522. The quantitative estimate of drug-likeness (QED) is 0.770. The summed E-state index contributed by atoms with van der Waals surface area (Å²) in [6.07, 6.45) is 0.204. The van der Waals surface area contributed by atoms with Gasteiger partial charge in [-0.2, -0.15) is 0 Å². The molecule has 0 saturated carbocycles. The van der Waals surface area contributed by atoms with Crippen LogP contribution in [-0.4, -0.2) is 28.5 Å². The van der Waals surface area contributed by atoms with Crippen LogP contribution in [0.4, 0.5) is 0 Å². The average molecular weight is 228 g/mol. The molecule has 1 aromatic heterocycles. The summed E-state index contributed by atoms with van der Waals surface area (Å²) in [5.41, 5.74) is 2.36. The Kier molecular flexibility index (Phi) is 4.23. The van der Waals surface area contributed by atoms with E-state index in [1.807, 2.05) is 0 Å². The minimum atomic E-state index is -0.913. The molecular formula is C9H12N2O3S. The van der Waals surface area contributed by atoms with Gasteiger partial charge in [-0.15, -0.1) is 11.3 Å². The van der Waals surface area contributed by atoms with Crippen LogP contribution in [0.3, 0.4) is 0 Å². The highest BCUT2D eigenvalue weighted by Crippen LogP contribution is 2.01. The number of nitrogens with one attached hydrogen (secondary N) is 1. The number of aliphatic carboxylic acids is 1. The van der Waals surface area contributed by atoms with Crippen LogP contribution in [0, 0.1) is 5.92 Å². The third kappa shape index (κ3) is 4.07. The Labute approximate surface area is 91.1 Å². The molecule has 0 aliphatic carbocycles. The number of carboxylic acid groups (broad SMARTS) is 1. The van der Waals surface area contributed by atoms with E-state index in [-0.39, 0.29) is 18.9 Å². The fraction of sp³-hybridized carbons (Fsp3) is 0.444. The molecular weight excluding hydrogens is 216 g/mol. The summed E-state index contributed by atoms with van der Waals surface area (Å²) in [5.74, 6) is -1.68. The van der Waals surface area contributed by atoms with Crippen molar-refractivity contribution in [2.75, 3.05) is 6.54 Å². The fourth-order valence-corrected chi connectivity index (χ4v) is 1.46. The second-order valence-electron chi connectivity index (χ2n) is 3.20. The molecule has 0 aliphatic rings. The maximum absolute atomic E-state index is 11.3. The lowest BCUT2D eigenvalue weighted by molar-refractivity contribution is -0.141. The Balaban J connectivity index is 2.28. The molecule has 1 heterocycles. The SMILES string of the molecule is CC(CNC(=O)Cc1cscn1)C(=O)O. The molecule has 15 heavy (non-hydrogen) atoms. The van der Waals surface area contributed by atoms with Crippen LogP contribution < -0.4 is 5.32 Å². The molecule has 1 unspecified atom stereocenters. The highest BCUT2D eigenvalue weighted by Gasteiger charge is 2.12. The standard InChI is InChI=1S/C9H12N2O3S/c1-6(9(13)14)3-10-8(12)2-7-4-15-5-11-7/h4-6H,2-3H2,1H3,(H,10,12)(H,13,14). The van der Waals surface area contributed by atoms with Crippen molar-refractivity contribution in [3.05, 3.63) is 16.6 Å². The van der Waals surface area contributed by atoms with Crippen molar-refractivity contribution < 1.29 is 14.7 Å². The van der Waals surface area contributed by atoms with Gasteiger partial charge >= 0.3 is 5.97 Å². The second kappa shape index (κ2) is 5.45. The number of rotatable bonds is 5. The first-order valence-corrected chi connectivity index (χ1v) is 5.40. The second-order valence-corrected chi connectivity index (χ2v) is 3.92. The lowest BCUT2D eigenvalue weighted by atomic mass is 10.2. The summed E-state index contributed by atoms with van der Waals surface area (Å²) in [6.45, 7) is 1.70. The molecule has 0 radical (unpaired) electrons. The largest absolute Gasteiger partial charge is 0.481 e. The molecule has 6 heteroatoms. The first-order valence-electron chi connectivity index (χ1n) is 4.46. The molecule has 1 rings (SSSR count). The van der Waals surface area contributed by atoms with E-state index >= 15 is 0 Å². The number of amides is 1. The zero-order valence-electron chi connectivity index (χ0n) is 8.27. The topological polar surface area (TPSA) is 79.3 Å². The number of nitrogens with zero attached hydrogens (tertiary/aromatic N) is 1. The molecule has 0 saturated heterocycles. The maximum atomic E-state index is 11.3. The van der Waals surface area contributed by atoms with Crippen molar-refractivity contribution in [3.8, 4) is 0 Å². The van der Waals surface area contributed by atoms with E-state index in [1.165, 1.54) is 11.3 Å². The third-order valence-electron chi connectivity index (χ3n) is 1.85. The summed E-state index contributed by atoms with van der Waals surface area (Å²) in [4.78, 5) is 25.7. The fourth-order valence-electron chi connectivity index (χ4n) is 0.906. The Hall–Kier alpha value is -1.43. The summed E-state index contributed by atoms with van der Waals surface area (Å²) in [7, 11) is 0. The Bertz CT molecular complexity index is 337. The summed E-state index contributed by atoms with van der Waals surface area (Å²) in [5, 5.41) is 12.9. The van der Waals surface area contributed by atoms with Crippen LogP contribution in [-0.2, 0) is 16.0 Å². The van der Waals surface area contributed by atoms with Crippen LogP contribution >= 0.6 is 11.3 Å². The number of hydrogen-bond acceptors (Lipinski definition) is 4. The molecule has 2 N–H and O–H groups in total. The van der Waals surface area contributed by atoms with Crippen LogP contribution in [0.15, 0.2) is 10.9 Å². The van der Waals surface area contributed by atoms with Gasteiger partial charge < -0.3 is 10.4 Å². The van der Waals surface area contributed by atoms with Crippen LogP contribution in [0.5, 0.6) is 0 Å². The van der Waals surface area contributed by atoms with Gasteiger partial charge in [0.05, 0.1) is 23.5 Å². The maximum Gasteiger partial charge on any atom is 0.308 e. The number of carbonyl (C=O) groups is 2. The molecule has 1 amide bonds. The monoisotopic (exact) mass is 228 g/mol. The average Bonchev–Trinajstić information content (AvgIpc) is 2.66. The van der Waals surface area contributed by atoms with Crippen LogP contribution in [0.2, 0.25) is 0 Å². The minimum absolute atomic E-state index is 0.151. The zero-order valence-corrected chi connectivity index (χ0v) is 9.08. The van der Waals surface area contributed by atoms with E-state index in [0.717, 1.165) is 0 Å². The van der Waals surface area contributed by atoms with Crippen LogP contribution in [0.1, 0.15) is 12.6 Å². The van der Waals surface area contributed by atoms with Gasteiger partial charge in [0.2, 0.25) is 5.91 Å². The molecule has 0 aliphatic heterocycles. The first-order chi connectivity index (χ1) is 7.09. The Morgan fingerprint density at radius 2 is 2.40 bits per heavy atom. The van der Waals surface area contributed by atoms with Gasteiger partial charge in [-0.3, -0.25) is 9.59 Å². The predicted molar refractivity (Wildman–Crippen MR) is 55.6 cm³/mol. The van der Waals surface area contributed by atoms with E-state index < -0.39 is 11.9 Å². The molecule has 5 nitrogen and oxygen atoms in total. The first kappa shape index (κ1) is 11.6. The summed E-state index contributed by atoms with van der Waals surface area (Å²) in [6, 6.07) is 0. The number of carboxylic acids is 1. The van der Waals surface area contributed by atoms with E-state index in [0.29, 0.717) is 5.69 Å². The third-order valence-corrected chi connectivity index (χ3v) is 2.49. The van der Waals surface area contributed by atoms with E-state index in [1.54, 1.807) is 17.8 Å². The van der Waals surface area contributed by atoms with Gasteiger partial charge in [0.25, 0.3) is 0 Å². The number of carbonyl (C=O) groups excluding carboxylic acids is 1. The number of thiazole rings is 1. The Morgan fingerprint density at radius 3 is 2.93 bits per heavy atom. The lowest BCUT2D eigenvalue weighted by Crippen LogP contribution is -2.32. The van der Waals surface area contributed by atoms with Gasteiger partial charge in [0, 0.05) is 11.9 Å². The number of hydrogen-bond donors (Lipinski definition) is 2. The van der Waals surface area contributed by atoms with Crippen molar-refractivity contribution in [2.45, 2.75) is 13.3 Å². The molecule has 0 spiro atoms. The van der Waals surface area contributed by atoms with Crippen molar-refractivity contribution in [1.82, 2.24) is 10.3 Å². The van der Waals surface area contributed by atoms with Crippen molar-refractivity contribution in [2.24, 2.45) is 5.92 Å². The van der Waals surface area contributed by atoms with Crippen LogP contribution in [0.25, 0.3) is 0 Å². The molecule has 0 bridgehead atoms. The molecule has 82 valence electrons. The molecule has 1 aromatic rings. The van der Waals surface area contributed by atoms with Crippen molar-refractivity contribution in [1.29, 1.82) is 0 Å². The smallest absolute Gasteiger partial charge is 0.308 e. The minimum Gasteiger partial charge on any atom is -0.481 e. The number of aromatic nitrogens is 1. The highest BCUT2D eigenvalue weighted by molar-refractivity contribution is 7.07. The highest BCUT2D eigenvalue weighted by atomic mass is 32.1. The van der Waals surface area contributed by atoms with Gasteiger partial charge in [-0.1, -0.05) is 6.92 Å². The van der Waals surface area contributed by atoms with E-state index in [2.05, 4.69) is 10.3 Å². The molecule has 0 fully saturated rings. The van der Waals surface area contributed by atoms with Crippen molar-refractivity contribution in [3.63, 3.8) is 0 Å². The Morgan fingerprint density at radius 1 is 1.67 bits per heavy atom. The zero-order chi connectivity index (χ0) is 11.3. The summed E-state index contributed by atoms with van der Waals surface area (Å²) < 4.78 is 0. The van der Waals surface area contributed by atoms with Crippen molar-refractivity contribution >= 4 is 23.2 Å². The van der Waals surface area contributed by atoms with E-state index in [4.69, 9.17) is 5.11 Å². The molecule has 0 aromatic carbocycles. The van der Waals surface area contributed by atoms with Gasteiger partial charge in [-0.05, 0) is 0 Å². The summed E-state index contributed by atoms with van der Waals surface area (Å²) >= 11 is 1.43. The van der Waals surface area contributed by atoms with E-state index in [9.17, 15) is 9.59 Å². The lowest BCUT2D eigenvalue weighted by Gasteiger charge is -2.07.